The molecule has 1 fully saturated rings. The molecule has 0 atom stereocenters. The van der Waals surface area contributed by atoms with Crippen molar-refractivity contribution in [1.29, 1.82) is 0 Å². The molecule has 0 amide bonds. The lowest BCUT2D eigenvalue weighted by atomic mass is 10.1. The van der Waals surface area contributed by atoms with Gasteiger partial charge in [-0.1, -0.05) is 52.3 Å². The largest absolute Gasteiger partial charge is 0.423 e. The molecule has 1 aliphatic carbocycles. The molecule has 1 aliphatic heterocycles. The molecule has 0 unspecified atom stereocenters. The van der Waals surface area contributed by atoms with E-state index in [0.717, 1.165) is 44.0 Å². The molecule has 0 saturated carbocycles. The maximum absolute atomic E-state index is 6.67. The number of nitrogens with one attached hydrogen (secondary N) is 1. The van der Waals surface area contributed by atoms with Crippen molar-refractivity contribution in [3.8, 4) is 11.8 Å². The third-order valence-electron chi connectivity index (χ3n) is 5.53. The van der Waals surface area contributed by atoms with Crippen LogP contribution >= 0.6 is 34.5 Å². The van der Waals surface area contributed by atoms with E-state index < -0.39 is 0 Å². The van der Waals surface area contributed by atoms with Gasteiger partial charge in [0, 0.05) is 37.8 Å². The smallest absolute Gasteiger partial charge is 0.325 e. The zero-order valence-electron chi connectivity index (χ0n) is 17.7. The van der Waals surface area contributed by atoms with E-state index in [1.165, 1.54) is 22.5 Å². The summed E-state index contributed by atoms with van der Waals surface area (Å²) in [5.41, 5.74) is 3.49. The summed E-state index contributed by atoms with van der Waals surface area (Å²) >= 11 is 14.0. The summed E-state index contributed by atoms with van der Waals surface area (Å²) in [7, 11) is 2.12. The van der Waals surface area contributed by atoms with Crippen LogP contribution in [0.3, 0.4) is 0 Å². The number of rotatable bonds is 5. The summed E-state index contributed by atoms with van der Waals surface area (Å²) in [6.07, 6.45) is 4.62. The van der Waals surface area contributed by atoms with Crippen molar-refractivity contribution in [3.05, 3.63) is 50.5 Å². The number of benzene rings is 1. The Kier molecular flexibility index (Phi) is 5.94. The molecule has 7 nitrogen and oxygen atoms in total. The number of aromatic nitrogens is 3. The second kappa shape index (κ2) is 8.86. The zero-order chi connectivity index (χ0) is 22.2. The Bertz CT molecular complexity index is 1190. The number of hydrogen-bond acceptors (Lipinski definition) is 8. The molecule has 5 rings (SSSR count). The molecule has 10 heteroatoms. The number of halogens is 2. The van der Waals surface area contributed by atoms with Crippen LogP contribution in [-0.4, -0.2) is 53.1 Å². The molecule has 0 radical (unpaired) electrons. The van der Waals surface area contributed by atoms with E-state index in [2.05, 4.69) is 45.1 Å². The maximum Gasteiger partial charge on any atom is 0.325 e. The van der Waals surface area contributed by atoms with E-state index in [1.807, 2.05) is 18.2 Å². The summed E-state index contributed by atoms with van der Waals surface area (Å²) in [6, 6.07) is 6.06. The molecular weight excluding hydrogens is 467 g/mol. The highest BCUT2D eigenvalue weighted by Gasteiger charge is 2.21. The monoisotopic (exact) mass is 488 g/mol. The van der Waals surface area contributed by atoms with Gasteiger partial charge in [-0.15, -0.1) is 0 Å². The van der Waals surface area contributed by atoms with E-state index in [0.29, 0.717) is 26.1 Å². The standard InChI is InChI=1S/C22H22Cl2N6OS/c1-13-9-14-3-4-16(20(24)15(14)10-13)31-21-26-18(27-22-25-12-17(23)32-22)11-19(28-21)30-7-5-29(2)6-8-30/h3-4,10-12H,5-9H2,1-2H3,(H,25,26,27,28). The molecule has 2 aromatic heterocycles. The highest BCUT2D eigenvalue weighted by Crippen LogP contribution is 2.39. The first kappa shape index (κ1) is 21.5. The molecular formula is C22H22Cl2N6OS. The number of ether oxygens (including phenoxy) is 1. The Morgan fingerprint density at radius 3 is 2.69 bits per heavy atom. The average Bonchev–Trinajstić information content (AvgIpc) is 3.35. The second-order valence-electron chi connectivity index (χ2n) is 8.00. The minimum atomic E-state index is 0.229. The number of anilines is 3. The van der Waals surface area contributed by atoms with E-state index in [9.17, 15) is 0 Å². The van der Waals surface area contributed by atoms with Crippen LogP contribution < -0.4 is 15.0 Å². The van der Waals surface area contributed by atoms with Crippen molar-refractivity contribution in [3.63, 3.8) is 0 Å². The lowest BCUT2D eigenvalue weighted by Crippen LogP contribution is -2.44. The van der Waals surface area contributed by atoms with Gasteiger partial charge in [-0.2, -0.15) is 9.97 Å². The van der Waals surface area contributed by atoms with Crippen molar-refractivity contribution in [2.45, 2.75) is 13.3 Å². The fourth-order valence-corrected chi connectivity index (χ4v) is 4.94. The third-order valence-corrected chi connectivity index (χ3v) is 6.95. The second-order valence-corrected chi connectivity index (χ2v) is 10.0. The van der Waals surface area contributed by atoms with E-state index in [1.54, 1.807) is 6.20 Å². The summed E-state index contributed by atoms with van der Waals surface area (Å²) in [5.74, 6) is 1.92. The summed E-state index contributed by atoms with van der Waals surface area (Å²) < 4.78 is 6.70. The molecule has 166 valence electrons. The molecule has 3 heterocycles. The first-order valence-corrected chi connectivity index (χ1v) is 11.9. The number of thiazole rings is 1. The Morgan fingerprint density at radius 2 is 1.94 bits per heavy atom. The highest BCUT2D eigenvalue weighted by molar-refractivity contribution is 7.19. The van der Waals surface area contributed by atoms with Crippen LogP contribution in [-0.2, 0) is 6.42 Å². The quantitative estimate of drug-likeness (QED) is 0.509. The van der Waals surface area contributed by atoms with Crippen molar-refractivity contribution < 1.29 is 4.74 Å². The number of likely N-dealkylation sites (N-methyl/N-ethyl adjacent to an activating group) is 1. The number of fused-ring (bicyclic) bond motifs is 1. The average molecular weight is 489 g/mol. The normalized spacial score (nSPS) is 16.1. The van der Waals surface area contributed by atoms with Crippen molar-refractivity contribution in [2.75, 3.05) is 43.4 Å². The van der Waals surface area contributed by atoms with Crippen LogP contribution in [0.5, 0.6) is 11.8 Å². The van der Waals surface area contributed by atoms with Gasteiger partial charge < -0.3 is 19.9 Å². The summed E-state index contributed by atoms with van der Waals surface area (Å²) in [6.45, 7) is 5.78. The van der Waals surface area contributed by atoms with Crippen LogP contribution in [0, 0.1) is 0 Å². The Balaban J connectivity index is 1.47. The van der Waals surface area contributed by atoms with Gasteiger partial charge in [0.2, 0.25) is 0 Å². The topological polar surface area (TPSA) is 66.4 Å². The number of piperazine rings is 1. The van der Waals surface area contributed by atoms with Crippen LogP contribution in [0.2, 0.25) is 9.36 Å². The Morgan fingerprint density at radius 1 is 1.12 bits per heavy atom. The van der Waals surface area contributed by atoms with Crippen LogP contribution in [0.15, 0.2) is 30.0 Å². The fourth-order valence-electron chi connectivity index (χ4n) is 3.84. The van der Waals surface area contributed by atoms with E-state index in [4.69, 9.17) is 32.9 Å². The van der Waals surface area contributed by atoms with Gasteiger partial charge in [-0.05, 0) is 32.0 Å². The predicted octanol–water partition coefficient (Wildman–Crippen LogP) is 5.49. The Labute approximate surface area is 200 Å². The molecule has 2 aliphatic rings. The van der Waals surface area contributed by atoms with Crippen molar-refractivity contribution in [2.24, 2.45) is 0 Å². The molecule has 1 N–H and O–H groups in total. The molecule has 0 spiro atoms. The molecule has 32 heavy (non-hydrogen) atoms. The molecule has 1 aromatic carbocycles. The number of hydrogen-bond donors (Lipinski definition) is 1. The van der Waals surface area contributed by atoms with Gasteiger partial charge in [0.25, 0.3) is 0 Å². The Hall–Kier alpha value is -2.39. The van der Waals surface area contributed by atoms with Gasteiger partial charge in [0.15, 0.2) is 5.13 Å². The first-order chi connectivity index (χ1) is 15.4. The summed E-state index contributed by atoms with van der Waals surface area (Å²) in [5, 5.41) is 4.44. The van der Waals surface area contributed by atoms with Crippen LogP contribution in [0.4, 0.5) is 16.8 Å². The van der Waals surface area contributed by atoms with Crippen LogP contribution in [0.1, 0.15) is 18.1 Å². The molecule has 3 aromatic rings. The van der Waals surface area contributed by atoms with Gasteiger partial charge in [-0.3, -0.25) is 0 Å². The molecule has 0 bridgehead atoms. The lowest BCUT2D eigenvalue weighted by molar-refractivity contribution is 0.311. The van der Waals surface area contributed by atoms with Crippen molar-refractivity contribution >= 4 is 57.4 Å². The van der Waals surface area contributed by atoms with Gasteiger partial charge in [0.1, 0.15) is 21.7 Å². The van der Waals surface area contributed by atoms with Gasteiger partial charge >= 0.3 is 6.01 Å². The predicted molar refractivity (Wildman–Crippen MR) is 131 cm³/mol. The minimum Gasteiger partial charge on any atom is -0.423 e. The summed E-state index contributed by atoms with van der Waals surface area (Å²) in [4.78, 5) is 18.0. The zero-order valence-corrected chi connectivity index (χ0v) is 20.1. The third kappa shape index (κ3) is 4.54. The van der Waals surface area contributed by atoms with E-state index in [-0.39, 0.29) is 6.01 Å². The maximum atomic E-state index is 6.67. The number of nitrogens with zero attached hydrogens (tertiary/aromatic N) is 5. The number of allylic oxidation sites excluding steroid dienone is 1. The van der Waals surface area contributed by atoms with Crippen LogP contribution in [0.25, 0.3) is 6.08 Å². The first-order valence-electron chi connectivity index (χ1n) is 10.3. The fraction of sp³-hybridized carbons (Fsp3) is 0.318. The highest BCUT2D eigenvalue weighted by atomic mass is 35.5. The van der Waals surface area contributed by atoms with E-state index >= 15 is 0 Å². The molecule has 1 saturated heterocycles. The van der Waals surface area contributed by atoms with Crippen molar-refractivity contribution in [1.82, 2.24) is 19.9 Å². The SMILES string of the molecule is CC1=Cc2c(ccc(Oc3nc(Nc4ncc(Cl)s4)cc(N4CCN(C)CC4)n3)c2Cl)C1. The minimum absolute atomic E-state index is 0.229. The van der Waals surface area contributed by atoms with Gasteiger partial charge in [0.05, 0.1) is 11.2 Å². The lowest BCUT2D eigenvalue weighted by Gasteiger charge is -2.33. The van der Waals surface area contributed by atoms with Gasteiger partial charge in [-0.25, -0.2) is 4.98 Å².